The van der Waals surface area contributed by atoms with Gasteiger partial charge in [-0.15, -0.1) is 13.2 Å². The fourth-order valence-electron chi connectivity index (χ4n) is 2.41. The second kappa shape index (κ2) is 9.27. The van der Waals surface area contributed by atoms with Gasteiger partial charge in [0, 0.05) is 12.2 Å². The molecule has 2 aromatic rings. The molecule has 0 spiro atoms. The number of alkyl halides is 3. The van der Waals surface area contributed by atoms with Crippen molar-refractivity contribution >= 4 is 11.6 Å². The van der Waals surface area contributed by atoms with E-state index in [-0.39, 0.29) is 18.2 Å². The standard InChI is InChI=1S/C19H21F3N2O3/c1-3-26-16-8-4-14(5-9-16)12-24(2)13-18(25)23-15-6-10-17(11-7-15)27-19(20,21)22/h4-11H,3,12-13H2,1-2H3,(H,23,25). The van der Waals surface area contributed by atoms with E-state index >= 15 is 0 Å². The Balaban J connectivity index is 1.82. The highest BCUT2D eigenvalue weighted by atomic mass is 19.4. The Morgan fingerprint density at radius 2 is 1.63 bits per heavy atom. The Hall–Kier alpha value is -2.74. The smallest absolute Gasteiger partial charge is 0.494 e. The summed E-state index contributed by atoms with van der Waals surface area (Å²) in [7, 11) is 1.80. The lowest BCUT2D eigenvalue weighted by atomic mass is 10.2. The van der Waals surface area contributed by atoms with E-state index in [4.69, 9.17) is 4.74 Å². The summed E-state index contributed by atoms with van der Waals surface area (Å²) in [6.07, 6.45) is -4.74. The lowest BCUT2D eigenvalue weighted by Gasteiger charge is -2.17. The number of hydrogen-bond donors (Lipinski definition) is 1. The number of halogens is 3. The maximum Gasteiger partial charge on any atom is 0.573 e. The molecule has 8 heteroatoms. The van der Waals surface area contributed by atoms with Gasteiger partial charge in [-0.3, -0.25) is 9.69 Å². The molecule has 0 atom stereocenters. The molecule has 0 radical (unpaired) electrons. The van der Waals surface area contributed by atoms with Crippen LogP contribution < -0.4 is 14.8 Å². The van der Waals surface area contributed by atoms with Crippen molar-refractivity contribution < 1.29 is 27.4 Å². The van der Waals surface area contributed by atoms with Gasteiger partial charge in [0.25, 0.3) is 0 Å². The van der Waals surface area contributed by atoms with Gasteiger partial charge in [-0.2, -0.15) is 0 Å². The molecule has 0 aromatic heterocycles. The SMILES string of the molecule is CCOc1ccc(CN(C)CC(=O)Nc2ccc(OC(F)(F)F)cc2)cc1. The first-order chi connectivity index (χ1) is 12.7. The average Bonchev–Trinajstić information content (AvgIpc) is 2.57. The zero-order chi connectivity index (χ0) is 19.9. The summed E-state index contributed by atoms with van der Waals surface area (Å²) in [4.78, 5) is 13.9. The minimum atomic E-state index is -4.74. The number of amides is 1. The van der Waals surface area contributed by atoms with Gasteiger partial charge in [0.15, 0.2) is 0 Å². The Morgan fingerprint density at radius 1 is 1.04 bits per heavy atom. The van der Waals surface area contributed by atoms with E-state index in [0.29, 0.717) is 18.8 Å². The second-order valence-corrected chi connectivity index (χ2v) is 5.87. The molecule has 1 N–H and O–H groups in total. The highest BCUT2D eigenvalue weighted by Gasteiger charge is 2.30. The molecule has 0 fully saturated rings. The van der Waals surface area contributed by atoms with E-state index in [1.165, 1.54) is 12.1 Å². The van der Waals surface area contributed by atoms with Crippen LogP contribution in [0.15, 0.2) is 48.5 Å². The van der Waals surface area contributed by atoms with Gasteiger partial charge < -0.3 is 14.8 Å². The molecule has 0 aliphatic heterocycles. The van der Waals surface area contributed by atoms with Gasteiger partial charge in [-0.1, -0.05) is 12.1 Å². The number of benzene rings is 2. The minimum Gasteiger partial charge on any atom is -0.494 e. The van der Waals surface area contributed by atoms with Crippen LogP contribution >= 0.6 is 0 Å². The predicted octanol–water partition coefficient (Wildman–Crippen LogP) is 4.05. The lowest BCUT2D eigenvalue weighted by molar-refractivity contribution is -0.274. The van der Waals surface area contributed by atoms with E-state index in [1.54, 1.807) is 7.05 Å². The summed E-state index contributed by atoms with van der Waals surface area (Å²) < 4.78 is 45.6. The molecular weight excluding hydrogens is 361 g/mol. The van der Waals surface area contributed by atoms with Gasteiger partial charge in [-0.25, -0.2) is 0 Å². The third kappa shape index (κ3) is 7.57. The highest BCUT2D eigenvalue weighted by molar-refractivity contribution is 5.92. The van der Waals surface area contributed by atoms with Gasteiger partial charge in [0.1, 0.15) is 11.5 Å². The summed E-state index contributed by atoms with van der Waals surface area (Å²) >= 11 is 0. The van der Waals surface area contributed by atoms with Crippen LogP contribution in [-0.2, 0) is 11.3 Å². The molecule has 1 amide bonds. The first-order valence-corrected chi connectivity index (χ1v) is 8.31. The topological polar surface area (TPSA) is 50.8 Å². The van der Waals surface area contributed by atoms with Crippen LogP contribution in [0.2, 0.25) is 0 Å². The molecular formula is C19H21F3N2O3. The van der Waals surface area contributed by atoms with Gasteiger partial charge >= 0.3 is 6.36 Å². The maximum atomic E-state index is 12.1. The van der Waals surface area contributed by atoms with E-state index < -0.39 is 6.36 Å². The predicted molar refractivity (Wildman–Crippen MR) is 95.7 cm³/mol. The fourth-order valence-corrected chi connectivity index (χ4v) is 2.41. The highest BCUT2D eigenvalue weighted by Crippen LogP contribution is 2.24. The number of rotatable bonds is 8. The summed E-state index contributed by atoms with van der Waals surface area (Å²) in [6.45, 7) is 3.21. The van der Waals surface area contributed by atoms with Gasteiger partial charge in [0.05, 0.1) is 13.2 Å². The third-order valence-electron chi connectivity index (χ3n) is 3.47. The number of nitrogens with one attached hydrogen (secondary N) is 1. The monoisotopic (exact) mass is 382 g/mol. The van der Waals surface area contributed by atoms with E-state index in [9.17, 15) is 18.0 Å². The molecule has 0 aliphatic carbocycles. The van der Waals surface area contributed by atoms with Gasteiger partial charge in [0.2, 0.25) is 5.91 Å². The molecule has 2 aromatic carbocycles. The van der Waals surface area contributed by atoms with Crippen molar-refractivity contribution in [3.8, 4) is 11.5 Å². The number of likely N-dealkylation sites (N-methyl/N-ethyl adjacent to an activating group) is 1. The Labute approximate surface area is 155 Å². The Morgan fingerprint density at radius 3 is 2.19 bits per heavy atom. The number of carbonyl (C=O) groups is 1. The normalized spacial score (nSPS) is 11.3. The van der Waals surface area contributed by atoms with Crippen LogP contribution in [0.3, 0.4) is 0 Å². The van der Waals surface area contributed by atoms with E-state index in [0.717, 1.165) is 23.4 Å². The second-order valence-electron chi connectivity index (χ2n) is 5.87. The van der Waals surface area contributed by atoms with Crippen molar-refractivity contribution in [2.45, 2.75) is 19.8 Å². The molecule has 27 heavy (non-hydrogen) atoms. The summed E-state index contributed by atoms with van der Waals surface area (Å²) in [5, 5.41) is 2.64. The van der Waals surface area contributed by atoms with Crippen molar-refractivity contribution in [1.29, 1.82) is 0 Å². The summed E-state index contributed by atoms with van der Waals surface area (Å²) in [5.41, 5.74) is 1.42. The van der Waals surface area contributed by atoms with Crippen LogP contribution in [0, 0.1) is 0 Å². The van der Waals surface area contributed by atoms with Crippen LogP contribution in [0.4, 0.5) is 18.9 Å². The van der Waals surface area contributed by atoms with Crippen molar-refractivity contribution in [2.75, 3.05) is 25.5 Å². The fraction of sp³-hybridized carbons (Fsp3) is 0.316. The maximum absolute atomic E-state index is 12.1. The lowest BCUT2D eigenvalue weighted by Crippen LogP contribution is -2.29. The number of hydrogen-bond acceptors (Lipinski definition) is 4. The molecule has 0 saturated heterocycles. The molecule has 5 nitrogen and oxygen atoms in total. The van der Waals surface area contributed by atoms with Crippen molar-refractivity contribution in [3.63, 3.8) is 0 Å². The third-order valence-corrected chi connectivity index (χ3v) is 3.47. The number of carbonyl (C=O) groups excluding carboxylic acids is 1. The first-order valence-electron chi connectivity index (χ1n) is 8.31. The van der Waals surface area contributed by atoms with E-state index in [1.807, 2.05) is 36.1 Å². The Kier molecular flexibility index (Phi) is 7.06. The molecule has 0 heterocycles. The molecule has 0 bridgehead atoms. The number of ether oxygens (including phenoxy) is 2. The molecule has 0 saturated carbocycles. The minimum absolute atomic E-state index is 0.133. The van der Waals surface area contributed by atoms with Crippen molar-refractivity contribution in [2.24, 2.45) is 0 Å². The van der Waals surface area contributed by atoms with Gasteiger partial charge in [-0.05, 0) is 55.9 Å². The molecule has 0 unspecified atom stereocenters. The summed E-state index contributed by atoms with van der Waals surface area (Å²) in [5.74, 6) is 0.181. The summed E-state index contributed by atoms with van der Waals surface area (Å²) in [6, 6.07) is 12.6. The number of anilines is 1. The van der Waals surface area contributed by atoms with Crippen molar-refractivity contribution in [1.82, 2.24) is 4.90 Å². The van der Waals surface area contributed by atoms with Crippen LogP contribution in [0.5, 0.6) is 11.5 Å². The molecule has 0 aliphatic rings. The zero-order valence-corrected chi connectivity index (χ0v) is 15.0. The van der Waals surface area contributed by atoms with Crippen LogP contribution in [0.1, 0.15) is 12.5 Å². The average molecular weight is 382 g/mol. The molecule has 146 valence electrons. The molecule has 2 rings (SSSR count). The zero-order valence-electron chi connectivity index (χ0n) is 15.0. The van der Waals surface area contributed by atoms with E-state index in [2.05, 4.69) is 10.1 Å². The largest absolute Gasteiger partial charge is 0.573 e. The van der Waals surface area contributed by atoms with Crippen molar-refractivity contribution in [3.05, 3.63) is 54.1 Å². The Bertz CT molecular complexity index is 731. The quantitative estimate of drug-likeness (QED) is 0.748. The number of nitrogens with zero attached hydrogens (tertiary/aromatic N) is 1. The van der Waals surface area contributed by atoms with Crippen LogP contribution in [-0.4, -0.2) is 37.4 Å². The first kappa shape index (κ1) is 20.6. The van der Waals surface area contributed by atoms with Crippen LogP contribution in [0.25, 0.3) is 0 Å².